The first-order chi connectivity index (χ1) is 6.77. The van der Waals surface area contributed by atoms with Crippen LogP contribution in [0.4, 0.5) is 4.39 Å². The third-order valence-electron chi connectivity index (χ3n) is 2.24. The average molecular weight is 216 g/mol. The number of benzene rings is 1. The second kappa shape index (κ2) is 4.26. The van der Waals surface area contributed by atoms with E-state index in [0.717, 1.165) is 18.7 Å². The Labute approximate surface area is 87.0 Å². The van der Waals surface area contributed by atoms with Crippen LogP contribution in [0, 0.1) is 5.82 Å². The molecule has 1 atom stereocenters. The summed E-state index contributed by atoms with van der Waals surface area (Å²) < 4.78 is 18.4. The van der Waals surface area contributed by atoms with Gasteiger partial charge in [0.15, 0.2) is 0 Å². The van der Waals surface area contributed by atoms with Gasteiger partial charge < -0.3 is 10.1 Å². The SMILES string of the molecule is Fc1ccc(C2CNCCO2)cc1Cl. The summed E-state index contributed by atoms with van der Waals surface area (Å²) in [7, 11) is 0. The fraction of sp³-hybridized carbons (Fsp3) is 0.400. The standard InChI is InChI=1S/C10H11ClFNO/c11-8-5-7(1-2-9(8)12)10-6-13-3-4-14-10/h1-2,5,10,13H,3-4,6H2. The lowest BCUT2D eigenvalue weighted by atomic mass is 10.1. The van der Waals surface area contributed by atoms with Crippen molar-refractivity contribution in [1.29, 1.82) is 0 Å². The maximum absolute atomic E-state index is 12.9. The molecule has 0 aromatic heterocycles. The Bertz CT molecular complexity index is 326. The molecule has 2 rings (SSSR count). The third kappa shape index (κ3) is 2.05. The first kappa shape index (κ1) is 9.90. The number of halogens is 2. The fourth-order valence-corrected chi connectivity index (χ4v) is 1.68. The lowest BCUT2D eigenvalue weighted by Crippen LogP contribution is -2.33. The monoisotopic (exact) mass is 215 g/mol. The van der Waals surface area contributed by atoms with Gasteiger partial charge in [-0.1, -0.05) is 17.7 Å². The highest BCUT2D eigenvalue weighted by molar-refractivity contribution is 6.30. The maximum Gasteiger partial charge on any atom is 0.141 e. The van der Waals surface area contributed by atoms with Crippen LogP contribution in [-0.4, -0.2) is 19.7 Å². The zero-order valence-corrected chi connectivity index (χ0v) is 8.35. The molecule has 0 saturated carbocycles. The molecule has 76 valence electrons. The lowest BCUT2D eigenvalue weighted by molar-refractivity contribution is 0.0277. The quantitative estimate of drug-likeness (QED) is 0.775. The van der Waals surface area contributed by atoms with Crippen molar-refractivity contribution < 1.29 is 9.13 Å². The normalized spacial score (nSPS) is 22.3. The van der Waals surface area contributed by atoms with Gasteiger partial charge in [0.05, 0.1) is 17.7 Å². The van der Waals surface area contributed by atoms with Crippen molar-refractivity contribution >= 4 is 11.6 Å². The molecule has 1 aliphatic heterocycles. The first-order valence-electron chi connectivity index (χ1n) is 4.54. The number of ether oxygens (including phenoxy) is 1. The minimum Gasteiger partial charge on any atom is -0.371 e. The molecule has 0 spiro atoms. The van der Waals surface area contributed by atoms with E-state index in [-0.39, 0.29) is 16.9 Å². The van der Waals surface area contributed by atoms with Gasteiger partial charge in [0.25, 0.3) is 0 Å². The van der Waals surface area contributed by atoms with Crippen LogP contribution in [0.3, 0.4) is 0 Å². The van der Waals surface area contributed by atoms with Crippen LogP contribution in [0.1, 0.15) is 11.7 Å². The van der Waals surface area contributed by atoms with E-state index in [0.29, 0.717) is 6.61 Å². The summed E-state index contributed by atoms with van der Waals surface area (Å²) in [5, 5.41) is 3.36. The maximum atomic E-state index is 12.9. The van der Waals surface area contributed by atoms with E-state index >= 15 is 0 Å². The Morgan fingerprint density at radius 1 is 1.50 bits per heavy atom. The smallest absolute Gasteiger partial charge is 0.141 e. The summed E-state index contributed by atoms with van der Waals surface area (Å²) in [6, 6.07) is 4.70. The second-order valence-electron chi connectivity index (χ2n) is 3.24. The van der Waals surface area contributed by atoms with E-state index in [1.807, 2.05) is 0 Å². The average Bonchev–Trinajstić information content (AvgIpc) is 2.23. The summed E-state index contributed by atoms with van der Waals surface area (Å²) in [6.45, 7) is 2.30. The van der Waals surface area contributed by atoms with Gasteiger partial charge in [-0.3, -0.25) is 0 Å². The van der Waals surface area contributed by atoms with Crippen LogP contribution >= 0.6 is 11.6 Å². The molecule has 1 N–H and O–H groups in total. The van der Waals surface area contributed by atoms with Crippen LogP contribution in [0.15, 0.2) is 18.2 Å². The van der Waals surface area contributed by atoms with Gasteiger partial charge in [-0.2, -0.15) is 0 Å². The van der Waals surface area contributed by atoms with E-state index in [9.17, 15) is 4.39 Å². The van der Waals surface area contributed by atoms with Crippen LogP contribution in [0.5, 0.6) is 0 Å². The van der Waals surface area contributed by atoms with Crippen molar-refractivity contribution in [2.24, 2.45) is 0 Å². The summed E-state index contributed by atoms with van der Waals surface area (Å²) in [5.74, 6) is -0.390. The molecule has 1 unspecified atom stereocenters. The largest absolute Gasteiger partial charge is 0.371 e. The van der Waals surface area contributed by atoms with Gasteiger partial charge in [0, 0.05) is 13.1 Å². The van der Waals surface area contributed by atoms with E-state index < -0.39 is 0 Å². The highest BCUT2D eigenvalue weighted by Crippen LogP contribution is 2.23. The van der Waals surface area contributed by atoms with Crippen LogP contribution in [0.25, 0.3) is 0 Å². The van der Waals surface area contributed by atoms with Gasteiger partial charge in [0.1, 0.15) is 5.82 Å². The summed E-state index contributed by atoms with van der Waals surface area (Å²) in [4.78, 5) is 0. The molecular formula is C10H11ClFNO. The minimum absolute atomic E-state index is 0.0122. The Balaban J connectivity index is 2.18. The molecule has 1 saturated heterocycles. The fourth-order valence-electron chi connectivity index (χ4n) is 1.49. The summed E-state index contributed by atoms with van der Waals surface area (Å²) in [6.07, 6.45) is -0.0122. The molecule has 1 aliphatic rings. The Hall–Kier alpha value is -0.640. The van der Waals surface area contributed by atoms with Crippen molar-refractivity contribution in [3.8, 4) is 0 Å². The number of hydrogen-bond acceptors (Lipinski definition) is 2. The minimum atomic E-state index is -0.390. The molecule has 1 heterocycles. The molecule has 0 radical (unpaired) electrons. The number of rotatable bonds is 1. The number of nitrogens with one attached hydrogen (secondary N) is 1. The molecule has 14 heavy (non-hydrogen) atoms. The lowest BCUT2D eigenvalue weighted by Gasteiger charge is -2.24. The molecule has 0 aliphatic carbocycles. The molecule has 2 nitrogen and oxygen atoms in total. The highest BCUT2D eigenvalue weighted by atomic mass is 35.5. The van der Waals surface area contributed by atoms with Gasteiger partial charge in [0.2, 0.25) is 0 Å². The zero-order chi connectivity index (χ0) is 9.97. The van der Waals surface area contributed by atoms with Crippen molar-refractivity contribution in [3.63, 3.8) is 0 Å². The van der Waals surface area contributed by atoms with Crippen molar-refractivity contribution in [2.75, 3.05) is 19.7 Å². The first-order valence-corrected chi connectivity index (χ1v) is 4.92. The molecule has 1 aromatic rings. The molecule has 0 bridgehead atoms. The number of morpholine rings is 1. The van der Waals surface area contributed by atoms with Crippen LogP contribution in [-0.2, 0) is 4.74 Å². The van der Waals surface area contributed by atoms with Crippen LogP contribution in [0.2, 0.25) is 5.02 Å². The Morgan fingerprint density at radius 3 is 3.00 bits per heavy atom. The number of hydrogen-bond donors (Lipinski definition) is 1. The van der Waals surface area contributed by atoms with Gasteiger partial charge in [-0.25, -0.2) is 4.39 Å². The molecule has 4 heteroatoms. The van der Waals surface area contributed by atoms with Gasteiger partial charge in [-0.15, -0.1) is 0 Å². The predicted octanol–water partition coefficient (Wildman–Crippen LogP) is 2.14. The van der Waals surface area contributed by atoms with E-state index in [1.165, 1.54) is 6.07 Å². The van der Waals surface area contributed by atoms with Crippen molar-refractivity contribution in [3.05, 3.63) is 34.6 Å². The summed E-state index contributed by atoms with van der Waals surface area (Å²) in [5.41, 5.74) is 0.920. The third-order valence-corrected chi connectivity index (χ3v) is 2.53. The second-order valence-corrected chi connectivity index (χ2v) is 3.64. The Kier molecular flexibility index (Phi) is 3.01. The van der Waals surface area contributed by atoms with Crippen LogP contribution < -0.4 is 5.32 Å². The Morgan fingerprint density at radius 2 is 2.36 bits per heavy atom. The van der Waals surface area contributed by atoms with E-state index in [2.05, 4.69) is 5.32 Å². The molecule has 1 aromatic carbocycles. The van der Waals surface area contributed by atoms with Gasteiger partial charge in [-0.05, 0) is 17.7 Å². The topological polar surface area (TPSA) is 21.3 Å². The van der Waals surface area contributed by atoms with Crippen molar-refractivity contribution in [1.82, 2.24) is 5.32 Å². The van der Waals surface area contributed by atoms with E-state index in [1.54, 1.807) is 12.1 Å². The molecule has 1 fully saturated rings. The predicted molar refractivity (Wildman–Crippen MR) is 53.0 cm³/mol. The zero-order valence-electron chi connectivity index (χ0n) is 7.59. The molecular weight excluding hydrogens is 205 g/mol. The van der Waals surface area contributed by atoms with E-state index in [4.69, 9.17) is 16.3 Å². The van der Waals surface area contributed by atoms with Crippen molar-refractivity contribution in [2.45, 2.75) is 6.10 Å². The summed E-state index contributed by atoms with van der Waals surface area (Å²) >= 11 is 5.68. The van der Waals surface area contributed by atoms with Gasteiger partial charge >= 0.3 is 0 Å². The molecule has 0 amide bonds. The highest BCUT2D eigenvalue weighted by Gasteiger charge is 2.16.